The Morgan fingerprint density at radius 2 is 1.93 bits per heavy atom. The molecule has 150 valence electrons. The standard InChI is InChI=1S/C21H22FN5O2/c1-14-4-3-5-17(12-14)25-21(29)24-13-18(28)26-19(20-23-10-11-27(20)2)15-6-8-16(22)9-7-15/h3-12,19H,13H2,1-2H3,(H,26,28)(H2,24,25,29). The minimum atomic E-state index is -0.579. The van der Waals surface area contributed by atoms with Gasteiger partial charge in [-0.2, -0.15) is 0 Å². The van der Waals surface area contributed by atoms with Gasteiger partial charge in [0.1, 0.15) is 17.7 Å². The fourth-order valence-electron chi connectivity index (χ4n) is 2.88. The first-order valence-electron chi connectivity index (χ1n) is 9.06. The number of imidazole rings is 1. The molecule has 1 unspecified atom stereocenters. The number of amides is 3. The second kappa shape index (κ2) is 9.01. The topological polar surface area (TPSA) is 88.1 Å². The average molecular weight is 395 g/mol. The molecule has 2 aromatic carbocycles. The Morgan fingerprint density at radius 3 is 2.59 bits per heavy atom. The first-order valence-corrected chi connectivity index (χ1v) is 9.06. The Kier molecular flexibility index (Phi) is 6.23. The van der Waals surface area contributed by atoms with Crippen LogP contribution in [0.15, 0.2) is 60.9 Å². The van der Waals surface area contributed by atoms with Gasteiger partial charge in [-0.15, -0.1) is 0 Å². The van der Waals surface area contributed by atoms with E-state index in [9.17, 15) is 14.0 Å². The Hall–Kier alpha value is -3.68. The fraction of sp³-hybridized carbons (Fsp3) is 0.190. The van der Waals surface area contributed by atoms with Crippen molar-refractivity contribution < 1.29 is 14.0 Å². The van der Waals surface area contributed by atoms with Crippen LogP contribution >= 0.6 is 0 Å². The highest BCUT2D eigenvalue weighted by Gasteiger charge is 2.21. The molecule has 0 saturated heterocycles. The van der Waals surface area contributed by atoms with Gasteiger partial charge in [0.15, 0.2) is 0 Å². The molecule has 3 N–H and O–H groups in total. The number of halogens is 1. The summed E-state index contributed by atoms with van der Waals surface area (Å²) >= 11 is 0. The van der Waals surface area contributed by atoms with Crippen LogP contribution in [0.5, 0.6) is 0 Å². The molecule has 0 fully saturated rings. The molecular formula is C21H22FN5O2. The number of benzene rings is 2. The highest BCUT2D eigenvalue weighted by molar-refractivity contribution is 5.92. The van der Waals surface area contributed by atoms with Crippen LogP contribution in [0.1, 0.15) is 23.0 Å². The van der Waals surface area contributed by atoms with Gasteiger partial charge in [-0.25, -0.2) is 14.2 Å². The van der Waals surface area contributed by atoms with Gasteiger partial charge in [-0.05, 0) is 42.3 Å². The number of aryl methyl sites for hydroxylation is 2. The number of carbonyl (C=O) groups excluding carboxylic acids is 2. The van der Waals surface area contributed by atoms with Crippen LogP contribution in [0.3, 0.4) is 0 Å². The van der Waals surface area contributed by atoms with E-state index in [-0.39, 0.29) is 12.4 Å². The third-order valence-electron chi connectivity index (χ3n) is 4.31. The van der Waals surface area contributed by atoms with Crippen molar-refractivity contribution in [1.29, 1.82) is 0 Å². The highest BCUT2D eigenvalue weighted by atomic mass is 19.1. The zero-order valence-corrected chi connectivity index (χ0v) is 16.1. The molecule has 0 radical (unpaired) electrons. The van der Waals surface area contributed by atoms with E-state index in [0.29, 0.717) is 17.1 Å². The molecule has 1 atom stereocenters. The zero-order chi connectivity index (χ0) is 20.8. The maximum Gasteiger partial charge on any atom is 0.319 e. The SMILES string of the molecule is Cc1cccc(NC(=O)NCC(=O)NC(c2ccc(F)cc2)c2nccn2C)c1. The Balaban J connectivity index is 1.63. The van der Waals surface area contributed by atoms with Crippen molar-refractivity contribution in [3.05, 3.63) is 83.7 Å². The molecule has 7 nitrogen and oxygen atoms in total. The van der Waals surface area contributed by atoms with E-state index in [2.05, 4.69) is 20.9 Å². The predicted molar refractivity (Wildman–Crippen MR) is 108 cm³/mol. The molecule has 0 aliphatic rings. The average Bonchev–Trinajstić information content (AvgIpc) is 3.11. The Labute approximate surface area is 168 Å². The summed E-state index contributed by atoms with van der Waals surface area (Å²) in [4.78, 5) is 28.8. The van der Waals surface area contributed by atoms with Crippen LogP contribution in [-0.4, -0.2) is 28.0 Å². The number of nitrogens with zero attached hydrogens (tertiary/aromatic N) is 2. The minimum absolute atomic E-state index is 0.222. The van der Waals surface area contributed by atoms with E-state index in [0.717, 1.165) is 5.56 Å². The van der Waals surface area contributed by atoms with E-state index >= 15 is 0 Å². The van der Waals surface area contributed by atoms with E-state index in [4.69, 9.17) is 0 Å². The lowest BCUT2D eigenvalue weighted by Gasteiger charge is -2.19. The van der Waals surface area contributed by atoms with Crippen molar-refractivity contribution in [3.8, 4) is 0 Å². The van der Waals surface area contributed by atoms with E-state index < -0.39 is 18.0 Å². The third kappa shape index (κ3) is 5.41. The number of rotatable bonds is 6. The molecule has 8 heteroatoms. The van der Waals surface area contributed by atoms with Crippen molar-refractivity contribution >= 4 is 17.6 Å². The summed E-state index contributed by atoms with van der Waals surface area (Å²) in [6.45, 7) is 1.70. The third-order valence-corrected chi connectivity index (χ3v) is 4.31. The quantitative estimate of drug-likeness (QED) is 0.600. The maximum absolute atomic E-state index is 13.3. The Morgan fingerprint density at radius 1 is 1.17 bits per heavy atom. The van der Waals surface area contributed by atoms with E-state index in [1.165, 1.54) is 12.1 Å². The van der Waals surface area contributed by atoms with Gasteiger partial charge in [0.25, 0.3) is 0 Å². The van der Waals surface area contributed by atoms with Gasteiger partial charge < -0.3 is 20.5 Å². The molecule has 3 amide bonds. The summed E-state index contributed by atoms with van der Waals surface area (Å²) in [5, 5.41) is 8.04. The van der Waals surface area contributed by atoms with Gasteiger partial charge in [-0.1, -0.05) is 24.3 Å². The monoisotopic (exact) mass is 395 g/mol. The Bertz CT molecular complexity index is 1000. The second-order valence-corrected chi connectivity index (χ2v) is 6.63. The molecule has 3 rings (SSSR count). The van der Waals surface area contributed by atoms with Crippen molar-refractivity contribution in [2.45, 2.75) is 13.0 Å². The predicted octanol–water partition coefficient (Wildman–Crippen LogP) is 2.89. The van der Waals surface area contributed by atoms with Crippen molar-refractivity contribution in [1.82, 2.24) is 20.2 Å². The van der Waals surface area contributed by atoms with Crippen LogP contribution in [0, 0.1) is 12.7 Å². The van der Waals surface area contributed by atoms with Gasteiger partial charge in [-0.3, -0.25) is 4.79 Å². The lowest BCUT2D eigenvalue weighted by atomic mass is 10.1. The van der Waals surface area contributed by atoms with Gasteiger partial charge in [0, 0.05) is 25.1 Å². The maximum atomic E-state index is 13.3. The number of anilines is 1. The van der Waals surface area contributed by atoms with E-state index in [1.807, 2.05) is 25.1 Å². The zero-order valence-electron chi connectivity index (χ0n) is 16.1. The summed E-state index contributed by atoms with van der Waals surface area (Å²) in [5.41, 5.74) is 2.33. The molecule has 1 aromatic heterocycles. The number of hydrogen-bond acceptors (Lipinski definition) is 3. The smallest absolute Gasteiger partial charge is 0.319 e. The molecule has 0 spiro atoms. The summed E-state index contributed by atoms with van der Waals surface area (Å²) in [7, 11) is 1.80. The van der Waals surface area contributed by atoms with Gasteiger partial charge >= 0.3 is 6.03 Å². The molecule has 1 heterocycles. The summed E-state index contributed by atoms with van der Waals surface area (Å²) in [6, 6.07) is 12.1. The first-order chi connectivity index (χ1) is 13.9. The second-order valence-electron chi connectivity index (χ2n) is 6.63. The van der Waals surface area contributed by atoms with Crippen molar-refractivity contribution in [2.24, 2.45) is 7.05 Å². The van der Waals surface area contributed by atoms with Crippen LogP contribution < -0.4 is 16.0 Å². The number of hydrogen-bond donors (Lipinski definition) is 3. The van der Waals surface area contributed by atoms with Gasteiger partial charge in [0.05, 0.1) is 6.54 Å². The fourth-order valence-corrected chi connectivity index (χ4v) is 2.88. The number of nitrogens with one attached hydrogen (secondary N) is 3. The van der Waals surface area contributed by atoms with Crippen LogP contribution in [0.4, 0.5) is 14.9 Å². The normalized spacial score (nSPS) is 11.6. The van der Waals surface area contributed by atoms with Crippen LogP contribution in [0.25, 0.3) is 0 Å². The molecule has 3 aromatic rings. The summed E-state index contributed by atoms with van der Waals surface area (Å²) in [6.07, 6.45) is 3.37. The summed E-state index contributed by atoms with van der Waals surface area (Å²) in [5.74, 6) is -0.177. The largest absolute Gasteiger partial charge is 0.341 e. The minimum Gasteiger partial charge on any atom is -0.341 e. The number of aromatic nitrogens is 2. The molecule has 0 saturated carbocycles. The first kappa shape index (κ1) is 20.1. The van der Waals surface area contributed by atoms with Gasteiger partial charge in [0.2, 0.25) is 5.91 Å². The van der Waals surface area contributed by atoms with Crippen LogP contribution in [0.2, 0.25) is 0 Å². The molecular weight excluding hydrogens is 373 g/mol. The molecule has 0 bridgehead atoms. The number of carbonyl (C=O) groups is 2. The highest BCUT2D eigenvalue weighted by Crippen LogP contribution is 2.20. The lowest BCUT2D eigenvalue weighted by molar-refractivity contribution is -0.120. The molecule has 0 aliphatic heterocycles. The van der Waals surface area contributed by atoms with Crippen molar-refractivity contribution in [2.75, 3.05) is 11.9 Å². The molecule has 29 heavy (non-hydrogen) atoms. The molecule has 0 aliphatic carbocycles. The summed E-state index contributed by atoms with van der Waals surface area (Å²) < 4.78 is 15.1. The van der Waals surface area contributed by atoms with E-state index in [1.54, 1.807) is 42.2 Å². The van der Waals surface area contributed by atoms with Crippen molar-refractivity contribution in [3.63, 3.8) is 0 Å². The lowest BCUT2D eigenvalue weighted by Crippen LogP contribution is -2.41. The van der Waals surface area contributed by atoms with Crippen LogP contribution in [-0.2, 0) is 11.8 Å². The number of urea groups is 1.